The molecule has 44 heavy (non-hydrogen) atoms. The Kier molecular flexibility index (Phi) is 7.40. The average molecular weight is 603 g/mol. The van der Waals surface area contributed by atoms with E-state index < -0.39 is 58.0 Å². The second kappa shape index (κ2) is 10.8. The van der Waals surface area contributed by atoms with Crippen molar-refractivity contribution < 1.29 is 34.8 Å². The molecule has 0 spiro atoms. The predicted molar refractivity (Wildman–Crippen MR) is 162 cm³/mol. The van der Waals surface area contributed by atoms with Crippen molar-refractivity contribution in [3.63, 3.8) is 0 Å². The average Bonchev–Trinajstić information content (AvgIpc) is 2.96. The summed E-state index contributed by atoms with van der Waals surface area (Å²) < 4.78 is 0. The standard InChI is InChI=1S/C33H38N4O7/c1-35(2)27-22-15-19-14-21-20(18-6-4-5-17(13-18)16-37-11-9-36(3)10-12-37)7-8-23(38)25(21)28(39)24(19)30(41)33(22,44)31(42)26(29(27)40)32(34)43/h4-8,13,19,22,27,38-39,42,44H,9-12,14-16H2,1-3H3,(H2,34,43)/t19-,22-,27-,33-/m0/s1. The molecule has 6 N–H and O–H groups in total. The molecule has 0 aromatic heterocycles. The Balaban J connectivity index is 1.44. The molecule has 2 fully saturated rings. The van der Waals surface area contributed by atoms with Crippen LogP contribution in [-0.4, -0.2) is 112 Å². The molecule has 6 rings (SSSR count). The van der Waals surface area contributed by atoms with Gasteiger partial charge in [0.05, 0.1) is 11.6 Å². The van der Waals surface area contributed by atoms with E-state index in [0.717, 1.165) is 49.4 Å². The lowest BCUT2D eigenvalue weighted by molar-refractivity contribution is -0.153. The van der Waals surface area contributed by atoms with Crippen LogP contribution in [0.5, 0.6) is 5.75 Å². The number of benzene rings is 2. The maximum Gasteiger partial charge on any atom is 0.255 e. The zero-order chi connectivity index (χ0) is 31.7. The first kappa shape index (κ1) is 30.0. The smallest absolute Gasteiger partial charge is 0.255 e. The molecule has 11 heteroatoms. The first-order valence-electron chi connectivity index (χ1n) is 14.8. The van der Waals surface area contributed by atoms with E-state index >= 15 is 0 Å². The first-order chi connectivity index (χ1) is 20.8. The lowest BCUT2D eigenvalue weighted by atomic mass is 9.57. The molecule has 2 aromatic rings. The van der Waals surface area contributed by atoms with Crippen molar-refractivity contribution >= 4 is 23.2 Å². The van der Waals surface area contributed by atoms with Gasteiger partial charge in [-0.3, -0.25) is 24.2 Å². The Bertz CT molecular complexity index is 1640. The monoisotopic (exact) mass is 602 g/mol. The number of rotatable bonds is 5. The van der Waals surface area contributed by atoms with Crippen LogP contribution in [0.15, 0.2) is 53.3 Å². The van der Waals surface area contributed by atoms with E-state index in [1.165, 1.54) is 11.0 Å². The highest BCUT2D eigenvalue weighted by Gasteiger charge is 2.64. The van der Waals surface area contributed by atoms with E-state index in [0.29, 0.717) is 5.56 Å². The number of phenolic OH excluding ortho intramolecular Hbond substituents is 1. The van der Waals surface area contributed by atoms with Crippen LogP contribution in [-0.2, 0) is 27.3 Å². The molecule has 1 saturated carbocycles. The van der Waals surface area contributed by atoms with Gasteiger partial charge in [-0.1, -0.05) is 24.3 Å². The van der Waals surface area contributed by atoms with Crippen LogP contribution in [0, 0.1) is 11.8 Å². The number of nitrogens with zero attached hydrogens (tertiary/aromatic N) is 3. The van der Waals surface area contributed by atoms with Gasteiger partial charge in [0.2, 0.25) is 5.78 Å². The lowest BCUT2D eigenvalue weighted by Gasteiger charge is -2.50. The molecule has 4 aliphatic rings. The number of fused-ring (bicyclic) bond motifs is 3. The number of ketones is 2. The number of nitrogens with two attached hydrogens (primary N) is 1. The number of likely N-dealkylation sites (N-methyl/N-ethyl adjacent to an activating group) is 2. The van der Waals surface area contributed by atoms with Crippen LogP contribution in [0.4, 0.5) is 0 Å². The molecule has 1 amide bonds. The number of carbonyl (C=O) groups excluding carboxylic acids is 3. The Morgan fingerprint density at radius 2 is 1.77 bits per heavy atom. The van der Waals surface area contributed by atoms with Crippen LogP contribution < -0.4 is 5.73 Å². The molecular formula is C33H38N4O7. The Hall–Kier alpha value is -4.03. The molecule has 11 nitrogen and oxygen atoms in total. The highest BCUT2D eigenvalue weighted by molar-refractivity contribution is 6.24. The number of carbonyl (C=O) groups is 3. The van der Waals surface area contributed by atoms with Crippen molar-refractivity contribution in [1.82, 2.24) is 14.7 Å². The summed E-state index contributed by atoms with van der Waals surface area (Å²) in [6.07, 6.45) is 0.283. The molecule has 1 saturated heterocycles. The fourth-order valence-corrected chi connectivity index (χ4v) is 7.62. The molecular weight excluding hydrogens is 564 g/mol. The zero-order valence-electron chi connectivity index (χ0n) is 25.1. The van der Waals surface area contributed by atoms with Gasteiger partial charge in [0.1, 0.15) is 22.8 Å². The lowest BCUT2D eigenvalue weighted by Crippen LogP contribution is -2.65. The molecule has 2 aromatic carbocycles. The summed E-state index contributed by atoms with van der Waals surface area (Å²) in [5, 5.41) is 45.3. The topological polar surface area (TPSA) is 168 Å². The van der Waals surface area contributed by atoms with Gasteiger partial charge in [-0.25, -0.2) is 0 Å². The summed E-state index contributed by atoms with van der Waals surface area (Å²) >= 11 is 0. The summed E-state index contributed by atoms with van der Waals surface area (Å²) in [6, 6.07) is 10.3. The maximum atomic E-state index is 14.1. The predicted octanol–water partition coefficient (Wildman–Crippen LogP) is 1.38. The summed E-state index contributed by atoms with van der Waals surface area (Å²) in [5.74, 6) is -6.61. The highest BCUT2D eigenvalue weighted by Crippen LogP contribution is 2.53. The Labute approximate surface area is 255 Å². The van der Waals surface area contributed by atoms with Crippen molar-refractivity contribution in [2.45, 2.75) is 31.0 Å². The molecule has 0 radical (unpaired) electrons. The number of aromatic hydroxyl groups is 1. The molecule has 1 aliphatic heterocycles. The van der Waals surface area contributed by atoms with E-state index in [-0.39, 0.29) is 29.7 Å². The quantitative estimate of drug-likeness (QED) is 0.316. The number of piperazine rings is 1. The molecule has 0 bridgehead atoms. The number of aliphatic hydroxyl groups excluding tert-OH is 2. The number of phenols is 1. The van der Waals surface area contributed by atoms with Crippen molar-refractivity contribution in [3.05, 3.63) is 70.0 Å². The van der Waals surface area contributed by atoms with Gasteiger partial charge < -0.3 is 31.1 Å². The minimum atomic E-state index is -2.66. The fraction of sp³-hybridized carbons (Fsp3) is 0.424. The number of primary amides is 1. The third-order valence-electron chi connectivity index (χ3n) is 9.84. The largest absolute Gasteiger partial charge is 0.508 e. The van der Waals surface area contributed by atoms with Crippen molar-refractivity contribution in [2.75, 3.05) is 47.3 Å². The van der Waals surface area contributed by atoms with E-state index in [4.69, 9.17) is 5.73 Å². The normalized spacial score (nSPS) is 27.8. The minimum Gasteiger partial charge on any atom is -0.508 e. The van der Waals surface area contributed by atoms with Crippen LogP contribution >= 0.6 is 0 Å². The molecule has 232 valence electrons. The summed E-state index contributed by atoms with van der Waals surface area (Å²) in [4.78, 5) is 45.8. The van der Waals surface area contributed by atoms with Crippen LogP contribution in [0.1, 0.15) is 23.1 Å². The van der Waals surface area contributed by atoms with E-state index in [9.17, 15) is 34.8 Å². The molecule has 3 aliphatic carbocycles. The molecule has 4 atom stereocenters. The van der Waals surface area contributed by atoms with Crippen molar-refractivity contribution in [2.24, 2.45) is 17.6 Å². The van der Waals surface area contributed by atoms with Gasteiger partial charge >= 0.3 is 0 Å². The summed E-state index contributed by atoms with van der Waals surface area (Å²) in [5.41, 5.74) is 5.31. The van der Waals surface area contributed by atoms with Gasteiger partial charge in [0, 0.05) is 44.2 Å². The number of amides is 1. The minimum absolute atomic E-state index is 0.0459. The molecule has 1 heterocycles. The van der Waals surface area contributed by atoms with E-state index in [1.807, 2.05) is 12.1 Å². The number of aliphatic hydroxyl groups is 3. The Morgan fingerprint density at radius 1 is 1.07 bits per heavy atom. The third-order valence-corrected chi connectivity index (χ3v) is 9.84. The fourth-order valence-electron chi connectivity index (χ4n) is 7.62. The van der Waals surface area contributed by atoms with E-state index in [1.54, 1.807) is 20.2 Å². The van der Waals surface area contributed by atoms with Gasteiger partial charge in [-0.2, -0.15) is 0 Å². The highest BCUT2D eigenvalue weighted by atomic mass is 16.3. The third kappa shape index (κ3) is 4.54. The van der Waals surface area contributed by atoms with Crippen LogP contribution in [0.3, 0.4) is 0 Å². The SMILES string of the molecule is CN1CCN(Cc2cccc(-c3ccc(O)c4c3C[C@H]3C[C@H]5[C@H](N(C)C)C(=O)C(C(N)=O)=C(O)[C@@]5(O)C(=O)C3=C4O)c2)CC1. The summed E-state index contributed by atoms with van der Waals surface area (Å²) in [7, 11) is 5.28. The van der Waals surface area contributed by atoms with E-state index in [2.05, 4.69) is 29.0 Å². The van der Waals surface area contributed by atoms with Gasteiger partial charge in [0.15, 0.2) is 11.4 Å². The number of hydrogen-bond acceptors (Lipinski definition) is 10. The number of Topliss-reactive ketones (excluding diaryl/α,β-unsaturated/α-hetero) is 2. The van der Waals surface area contributed by atoms with Gasteiger partial charge in [-0.05, 0) is 74.3 Å². The zero-order valence-corrected chi connectivity index (χ0v) is 25.1. The van der Waals surface area contributed by atoms with Crippen molar-refractivity contribution in [1.29, 1.82) is 0 Å². The van der Waals surface area contributed by atoms with Crippen molar-refractivity contribution in [3.8, 4) is 16.9 Å². The second-order valence-electron chi connectivity index (χ2n) is 12.7. The van der Waals surface area contributed by atoms with Gasteiger partial charge in [0.25, 0.3) is 5.91 Å². The summed E-state index contributed by atoms with van der Waals surface area (Å²) in [6.45, 7) is 4.75. The Morgan fingerprint density at radius 3 is 2.43 bits per heavy atom. The maximum absolute atomic E-state index is 14.1. The van der Waals surface area contributed by atoms with Gasteiger partial charge in [-0.15, -0.1) is 0 Å². The molecule has 0 unspecified atom stereocenters. The van der Waals surface area contributed by atoms with Crippen LogP contribution in [0.25, 0.3) is 16.9 Å². The first-order valence-corrected chi connectivity index (χ1v) is 14.8. The second-order valence-corrected chi connectivity index (χ2v) is 12.7. The van der Waals surface area contributed by atoms with Crippen LogP contribution in [0.2, 0.25) is 0 Å². The number of hydrogen-bond donors (Lipinski definition) is 5.